The molecule has 0 spiro atoms. The number of rotatable bonds is 4. The van der Waals surface area contributed by atoms with Crippen molar-refractivity contribution in [3.63, 3.8) is 0 Å². The summed E-state index contributed by atoms with van der Waals surface area (Å²) in [6.07, 6.45) is 3.62. The van der Waals surface area contributed by atoms with Gasteiger partial charge in [0.1, 0.15) is 0 Å². The van der Waals surface area contributed by atoms with E-state index >= 15 is 0 Å². The lowest BCUT2D eigenvalue weighted by Gasteiger charge is -2.23. The summed E-state index contributed by atoms with van der Waals surface area (Å²) in [6, 6.07) is 3.80. The minimum Gasteiger partial charge on any atom is -0.354 e. The zero-order chi connectivity index (χ0) is 14.0. The van der Waals surface area contributed by atoms with Crippen molar-refractivity contribution in [3.05, 3.63) is 24.0 Å². The van der Waals surface area contributed by atoms with Crippen molar-refractivity contribution < 1.29 is 13.2 Å². The molecule has 0 aromatic carbocycles. The average Bonchev–Trinajstić information content (AvgIpc) is 2.91. The fraction of sp³-hybridized carbons (Fsp3) is 0.615. The van der Waals surface area contributed by atoms with Crippen molar-refractivity contribution in [2.24, 2.45) is 7.05 Å². The number of nitrogens with zero attached hydrogens (tertiary/aromatic N) is 2. The van der Waals surface area contributed by atoms with E-state index in [2.05, 4.69) is 0 Å². The maximum Gasteiger partial charge on any atom is 0.222 e. The Balaban J connectivity index is 1.88. The number of sulfone groups is 1. The second kappa shape index (κ2) is 5.36. The number of aromatic nitrogens is 1. The lowest BCUT2D eigenvalue weighted by atomic mass is 10.2. The van der Waals surface area contributed by atoms with Crippen molar-refractivity contribution in [2.75, 3.05) is 18.6 Å². The molecule has 6 heteroatoms. The van der Waals surface area contributed by atoms with Gasteiger partial charge in [-0.2, -0.15) is 0 Å². The maximum absolute atomic E-state index is 12.1. The molecule has 0 N–H and O–H groups in total. The summed E-state index contributed by atoms with van der Waals surface area (Å²) in [5.41, 5.74) is 1.11. The molecule has 0 radical (unpaired) electrons. The zero-order valence-electron chi connectivity index (χ0n) is 11.4. The molecular formula is C13H20N2O3S. The first kappa shape index (κ1) is 14.1. The molecular weight excluding hydrogens is 264 g/mol. The molecule has 5 nitrogen and oxygen atoms in total. The molecule has 2 rings (SSSR count). The Hall–Kier alpha value is -1.30. The van der Waals surface area contributed by atoms with Crippen molar-refractivity contribution in [1.29, 1.82) is 0 Å². The normalized spacial score (nSPS) is 21.5. The van der Waals surface area contributed by atoms with Crippen LogP contribution in [0.15, 0.2) is 18.3 Å². The molecule has 0 bridgehead atoms. The van der Waals surface area contributed by atoms with Crippen LogP contribution >= 0.6 is 0 Å². The second-order valence-electron chi connectivity index (χ2n) is 5.17. The maximum atomic E-state index is 12.1. The van der Waals surface area contributed by atoms with Crippen LogP contribution in [0.3, 0.4) is 0 Å². The topological polar surface area (TPSA) is 59.4 Å². The number of amides is 1. The number of carbonyl (C=O) groups is 1. The lowest BCUT2D eigenvalue weighted by molar-refractivity contribution is -0.131. The molecule has 1 atom stereocenters. The molecule has 1 saturated heterocycles. The molecule has 1 aromatic rings. The van der Waals surface area contributed by atoms with Gasteiger partial charge in [-0.3, -0.25) is 4.79 Å². The van der Waals surface area contributed by atoms with E-state index in [1.807, 2.05) is 29.9 Å². The van der Waals surface area contributed by atoms with Crippen LogP contribution < -0.4 is 0 Å². The summed E-state index contributed by atoms with van der Waals surface area (Å²) < 4.78 is 24.8. The van der Waals surface area contributed by atoms with Gasteiger partial charge in [-0.1, -0.05) is 0 Å². The van der Waals surface area contributed by atoms with Crippen LogP contribution in [0, 0.1) is 0 Å². The minimum atomic E-state index is -2.94. The summed E-state index contributed by atoms with van der Waals surface area (Å²) in [5.74, 6) is 0.329. The predicted octanol–water partition coefficient (Wildman–Crippen LogP) is 0.603. The van der Waals surface area contributed by atoms with E-state index < -0.39 is 9.84 Å². The van der Waals surface area contributed by atoms with Gasteiger partial charge < -0.3 is 9.47 Å². The fourth-order valence-electron chi connectivity index (χ4n) is 2.45. The minimum absolute atomic E-state index is 0.0169. The fourth-order valence-corrected chi connectivity index (χ4v) is 4.23. The van der Waals surface area contributed by atoms with Gasteiger partial charge in [0, 0.05) is 38.4 Å². The molecule has 19 heavy (non-hydrogen) atoms. The summed E-state index contributed by atoms with van der Waals surface area (Å²) in [6.45, 7) is 0. The summed E-state index contributed by atoms with van der Waals surface area (Å²) in [4.78, 5) is 13.7. The van der Waals surface area contributed by atoms with Gasteiger partial charge in [0.2, 0.25) is 5.91 Å². The quantitative estimate of drug-likeness (QED) is 0.813. The Labute approximate surface area is 114 Å². The Morgan fingerprint density at radius 1 is 1.53 bits per heavy atom. The largest absolute Gasteiger partial charge is 0.354 e. The third kappa shape index (κ3) is 3.37. The van der Waals surface area contributed by atoms with Gasteiger partial charge in [0.05, 0.1) is 11.5 Å². The molecule has 1 fully saturated rings. The number of hydrogen-bond acceptors (Lipinski definition) is 3. The molecule has 1 unspecified atom stereocenters. The Kier molecular flexibility index (Phi) is 3.99. The number of aryl methyl sites for hydroxylation is 2. The van der Waals surface area contributed by atoms with E-state index in [1.165, 1.54) is 0 Å². The first-order chi connectivity index (χ1) is 8.89. The van der Waals surface area contributed by atoms with Crippen molar-refractivity contribution in [1.82, 2.24) is 9.47 Å². The van der Waals surface area contributed by atoms with Gasteiger partial charge in [-0.05, 0) is 25.0 Å². The molecule has 1 aromatic heterocycles. The summed E-state index contributed by atoms with van der Waals surface area (Å²) in [7, 11) is 0.722. The van der Waals surface area contributed by atoms with E-state index in [4.69, 9.17) is 0 Å². The van der Waals surface area contributed by atoms with Crippen LogP contribution in [0.25, 0.3) is 0 Å². The smallest absolute Gasteiger partial charge is 0.222 e. The SMILES string of the molecule is CN(C(=O)CCc1cccn1C)C1CCS(=O)(=O)C1. The van der Waals surface area contributed by atoms with Crippen molar-refractivity contribution >= 4 is 15.7 Å². The van der Waals surface area contributed by atoms with Crippen molar-refractivity contribution in [2.45, 2.75) is 25.3 Å². The van der Waals surface area contributed by atoms with Crippen molar-refractivity contribution in [3.8, 4) is 0 Å². The Bertz CT molecular complexity index is 562. The summed E-state index contributed by atoms with van der Waals surface area (Å²) in [5, 5.41) is 0. The standard InChI is InChI=1S/C13H20N2O3S/c1-14-8-3-4-11(14)5-6-13(16)15(2)12-7-9-19(17,18)10-12/h3-4,8,12H,5-7,9-10H2,1-2H3. The van der Waals surface area contributed by atoms with E-state index in [1.54, 1.807) is 11.9 Å². The number of carbonyl (C=O) groups excluding carboxylic acids is 1. The Morgan fingerprint density at radius 2 is 2.26 bits per heavy atom. The van der Waals surface area contributed by atoms with Crippen LogP contribution in [0.2, 0.25) is 0 Å². The molecule has 1 amide bonds. The van der Waals surface area contributed by atoms with E-state index in [-0.39, 0.29) is 23.5 Å². The zero-order valence-corrected chi connectivity index (χ0v) is 12.2. The van der Waals surface area contributed by atoms with Crippen LogP contribution in [0.4, 0.5) is 0 Å². The van der Waals surface area contributed by atoms with Gasteiger partial charge in [-0.25, -0.2) is 8.42 Å². The lowest BCUT2D eigenvalue weighted by Crippen LogP contribution is -2.37. The highest BCUT2D eigenvalue weighted by Crippen LogP contribution is 2.17. The molecule has 1 aliphatic heterocycles. The van der Waals surface area contributed by atoms with Crippen LogP contribution in [-0.4, -0.2) is 48.4 Å². The molecule has 1 aliphatic rings. The van der Waals surface area contributed by atoms with Crippen LogP contribution in [-0.2, 0) is 28.1 Å². The molecule has 2 heterocycles. The highest BCUT2D eigenvalue weighted by molar-refractivity contribution is 7.91. The highest BCUT2D eigenvalue weighted by Gasteiger charge is 2.32. The van der Waals surface area contributed by atoms with Crippen LogP contribution in [0.5, 0.6) is 0 Å². The molecule has 0 saturated carbocycles. The molecule has 106 valence electrons. The van der Waals surface area contributed by atoms with Gasteiger partial charge >= 0.3 is 0 Å². The van der Waals surface area contributed by atoms with Crippen LogP contribution in [0.1, 0.15) is 18.5 Å². The third-order valence-corrected chi connectivity index (χ3v) is 5.55. The van der Waals surface area contributed by atoms with E-state index in [0.717, 1.165) is 5.69 Å². The summed E-state index contributed by atoms with van der Waals surface area (Å²) >= 11 is 0. The van der Waals surface area contributed by atoms with Gasteiger partial charge in [0.15, 0.2) is 9.84 Å². The van der Waals surface area contributed by atoms with E-state index in [0.29, 0.717) is 19.3 Å². The predicted molar refractivity (Wildman–Crippen MR) is 73.6 cm³/mol. The van der Waals surface area contributed by atoms with Gasteiger partial charge in [0.25, 0.3) is 0 Å². The van der Waals surface area contributed by atoms with E-state index in [9.17, 15) is 13.2 Å². The average molecular weight is 284 g/mol. The number of hydrogen-bond donors (Lipinski definition) is 0. The highest BCUT2D eigenvalue weighted by atomic mass is 32.2. The monoisotopic (exact) mass is 284 g/mol. The first-order valence-corrected chi connectivity index (χ1v) is 8.27. The molecule has 0 aliphatic carbocycles. The first-order valence-electron chi connectivity index (χ1n) is 6.45. The third-order valence-electron chi connectivity index (χ3n) is 3.80. The van der Waals surface area contributed by atoms with Gasteiger partial charge in [-0.15, -0.1) is 0 Å². The Morgan fingerprint density at radius 3 is 2.79 bits per heavy atom. The second-order valence-corrected chi connectivity index (χ2v) is 7.40.